The molecule has 1 aliphatic heterocycles. The first-order chi connectivity index (χ1) is 11.3. The Balaban J connectivity index is 2.14. The summed E-state index contributed by atoms with van der Waals surface area (Å²) in [6.07, 6.45) is 3.82. The Kier molecular flexibility index (Phi) is 4.56. The van der Waals surface area contributed by atoms with E-state index in [2.05, 4.69) is 13.8 Å². The second-order valence-electron chi connectivity index (χ2n) is 8.07. The summed E-state index contributed by atoms with van der Waals surface area (Å²) in [4.78, 5) is 12.7. The van der Waals surface area contributed by atoms with Crippen LogP contribution in [0.15, 0.2) is 11.1 Å². The van der Waals surface area contributed by atoms with Crippen molar-refractivity contribution in [2.24, 2.45) is 16.7 Å². The second-order valence-corrected chi connectivity index (χ2v) is 8.07. The molecule has 3 rings (SSSR count). The number of aliphatic hydroxyl groups excluding tert-OH is 1. The van der Waals surface area contributed by atoms with E-state index in [0.717, 1.165) is 12.8 Å². The SMILES string of the molecule is COC(=O)[C@@]1(C)CC2(CC3=C1CC[C@@H](C)[C@]3(C)CCO)OCCO2. The van der Waals surface area contributed by atoms with Crippen LogP contribution in [0.25, 0.3) is 0 Å². The molecule has 1 saturated heterocycles. The van der Waals surface area contributed by atoms with E-state index in [-0.39, 0.29) is 18.0 Å². The molecule has 5 heteroatoms. The number of ether oxygens (including phenoxy) is 3. The number of aliphatic hydroxyl groups is 1. The van der Waals surface area contributed by atoms with Gasteiger partial charge in [0.15, 0.2) is 5.79 Å². The van der Waals surface area contributed by atoms with Crippen molar-refractivity contribution in [3.05, 3.63) is 11.1 Å². The minimum absolute atomic E-state index is 0.139. The van der Waals surface area contributed by atoms with Gasteiger partial charge in [-0.2, -0.15) is 0 Å². The highest BCUT2D eigenvalue weighted by Gasteiger charge is 2.58. The molecule has 0 aromatic rings. The smallest absolute Gasteiger partial charge is 0.315 e. The fourth-order valence-corrected chi connectivity index (χ4v) is 5.12. The molecule has 1 spiro atoms. The number of hydrogen-bond donors (Lipinski definition) is 1. The molecular formula is C19H30O5. The largest absolute Gasteiger partial charge is 0.468 e. The number of carbonyl (C=O) groups excluding carboxylic acids is 1. The monoisotopic (exact) mass is 338 g/mol. The predicted molar refractivity (Wildman–Crippen MR) is 89.2 cm³/mol. The van der Waals surface area contributed by atoms with E-state index in [9.17, 15) is 9.90 Å². The molecule has 0 aromatic heterocycles. The Hall–Kier alpha value is -0.910. The third-order valence-electron chi connectivity index (χ3n) is 6.78. The van der Waals surface area contributed by atoms with E-state index < -0.39 is 11.2 Å². The van der Waals surface area contributed by atoms with Crippen LogP contribution >= 0.6 is 0 Å². The zero-order chi connectivity index (χ0) is 17.6. The summed E-state index contributed by atoms with van der Waals surface area (Å²) in [7, 11) is 1.45. The molecule has 0 saturated carbocycles. The predicted octanol–water partition coefficient (Wildman–Crippen LogP) is 2.82. The molecule has 0 amide bonds. The maximum absolute atomic E-state index is 12.7. The lowest BCUT2D eigenvalue weighted by atomic mass is 9.54. The number of esters is 1. The number of hydrogen-bond acceptors (Lipinski definition) is 5. The highest BCUT2D eigenvalue weighted by atomic mass is 16.7. The minimum atomic E-state index is -0.727. The maximum atomic E-state index is 12.7. The molecule has 1 N–H and O–H groups in total. The van der Waals surface area contributed by atoms with Gasteiger partial charge in [-0.15, -0.1) is 0 Å². The lowest BCUT2D eigenvalue weighted by Gasteiger charge is -2.53. The van der Waals surface area contributed by atoms with Crippen molar-refractivity contribution in [3.63, 3.8) is 0 Å². The normalized spacial score (nSPS) is 38.3. The molecular weight excluding hydrogens is 308 g/mol. The zero-order valence-corrected chi connectivity index (χ0v) is 15.3. The van der Waals surface area contributed by atoms with Crippen LogP contribution in [0.4, 0.5) is 0 Å². The average Bonchev–Trinajstić information content (AvgIpc) is 2.99. The summed E-state index contributed by atoms with van der Waals surface area (Å²) in [5.74, 6) is -0.494. The number of rotatable bonds is 3. The van der Waals surface area contributed by atoms with Gasteiger partial charge in [0.05, 0.1) is 25.7 Å². The Morgan fingerprint density at radius 3 is 2.54 bits per heavy atom. The summed E-state index contributed by atoms with van der Waals surface area (Å²) in [5, 5.41) is 9.66. The van der Waals surface area contributed by atoms with Gasteiger partial charge in [-0.3, -0.25) is 4.79 Å². The van der Waals surface area contributed by atoms with Gasteiger partial charge >= 0.3 is 5.97 Å². The fourth-order valence-electron chi connectivity index (χ4n) is 5.12. The van der Waals surface area contributed by atoms with E-state index in [0.29, 0.717) is 38.4 Å². The standard InChI is InChI=1S/C19H30O5/c1-13-5-6-14-15(17(13,2)7-8-20)11-19(23-9-10-24-19)12-18(14,3)16(21)22-4/h13,20H,5-12H2,1-4H3/t13-,17+,18+/m1/s1. The second kappa shape index (κ2) is 6.11. The van der Waals surface area contributed by atoms with Crippen LogP contribution < -0.4 is 0 Å². The quantitative estimate of drug-likeness (QED) is 0.633. The third-order valence-corrected chi connectivity index (χ3v) is 6.78. The molecule has 3 aliphatic rings. The number of methoxy groups -OCH3 is 1. The minimum Gasteiger partial charge on any atom is -0.468 e. The Morgan fingerprint density at radius 2 is 1.96 bits per heavy atom. The summed E-state index contributed by atoms with van der Waals surface area (Å²) < 4.78 is 17.2. The molecule has 0 aromatic carbocycles. The Labute approximate surface area is 144 Å². The van der Waals surface area contributed by atoms with E-state index in [1.54, 1.807) is 0 Å². The molecule has 0 radical (unpaired) electrons. The van der Waals surface area contributed by atoms with Crippen LogP contribution in [0, 0.1) is 16.7 Å². The molecule has 1 fully saturated rings. The highest BCUT2D eigenvalue weighted by Crippen LogP contribution is 2.60. The molecule has 24 heavy (non-hydrogen) atoms. The topological polar surface area (TPSA) is 65.0 Å². The van der Waals surface area contributed by atoms with Gasteiger partial charge in [-0.1, -0.05) is 25.0 Å². The first-order valence-electron chi connectivity index (χ1n) is 9.01. The summed E-state index contributed by atoms with van der Waals surface area (Å²) in [6.45, 7) is 7.69. The van der Waals surface area contributed by atoms with Crippen LogP contribution in [0.3, 0.4) is 0 Å². The first-order valence-corrected chi connectivity index (χ1v) is 9.01. The van der Waals surface area contributed by atoms with Gasteiger partial charge in [-0.25, -0.2) is 0 Å². The molecule has 0 unspecified atom stereocenters. The number of carbonyl (C=O) groups is 1. The molecule has 1 heterocycles. The lowest BCUT2D eigenvalue weighted by Crippen LogP contribution is -2.51. The Morgan fingerprint density at radius 1 is 1.29 bits per heavy atom. The van der Waals surface area contributed by atoms with Crippen molar-refractivity contribution in [3.8, 4) is 0 Å². The van der Waals surface area contributed by atoms with Crippen molar-refractivity contribution < 1.29 is 24.1 Å². The van der Waals surface area contributed by atoms with Crippen molar-refractivity contribution in [1.82, 2.24) is 0 Å². The van der Waals surface area contributed by atoms with Gasteiger partial charge in [0.2, 0.25) is 0 Å². The highest BCUT2D eigenvalue weighted by molar-refractivity contribution is 5.81. The van der Waals surface area contributed by atoms with Gasteiger partial charge < -0.3 is 19.3 Å². The average molecular weight is 338 g/mol. The first kappa shape index (κ1) is 17.9. The fraction of sp³-hybridized carbons (Fsp3) is 0.842. The molecule has 0 bridgehead atoms. The van der Waals surface area contributed by atoms with E-state index in [4.69, 9.17) is 14.2 Å². The molecule has 136 valence electrons. The molecule has 2 aliphatic carbocycles. The van der Waals surface area contributed by atoms with Crippen LogP contribution in [0.1, 0.15) is 52.9 Å². The van der Waals surface area contributed by atoms with E-state index >= 15 is 0 Å². The summed E-state index contributed by atoms with van der Waals surface area (Å²) >= 11 is 0. The van der Waals surface area contributed by atoms with Crippen LogP contribution in [0.2, 0.25) is 0 Å². The molecule has 5 nitrogen and oxygen atoms in total. The van der Waals surface area contributed by atoms with Crippen LogP contribution in [0.5, 0.6) is 0 Å². The van der Waals surface area contributed by atoms with E-state index in [1.807, 2.05) is 6.92 Å². The van der Waals surface area contributed by atoms with Crippen molar-refractivity contribution >= 4 is 5.97 Å². The summed E-state index contributed by atoms with van der Waals surface area (Å²) in [6, 6.07) is 0. The van der Waals surface area contributed by atoms with Crippen molar-refractivity contribution in [1.29, 1.82) is 0 Å². The third kappa shape index (κ3) is 2.52. The van der Waals surface area contributed by atoms with Crippen molar-refractivity contribution in [2.75, 3.05) is 26.9 Å². The molecule has 3 atom stereocenters. The maximum Gasteiger partial charge on any atom is 0.315 e. The zero-order valence-electron chi connectivity index (χ0n) is 15.3. The van der Waals surface area contributed by atoms with Crippen LogP contribution in [-0.4, -0.2) is 43.8 Å². The Bertz CT molecular complexity index is 548. The van der Waals surface area contributed by atoms with Gasteiger partial charge in [0, 0.05) is 19.4 Å². The van der Waals surface area contributed by atoms with Gasteiger partial charge in [-0.05, 0) is 37.5 Å². The van der Waals surface area contributed by atoms with Crippen molar-refractivity contribution in [2.45, 2.75) is 58.7 Å². The van der Waals surface area contributed by atoms with Gasteiger partial charge in [0.25, 0.3) is 0 Å². The van der Waals surface area contributed by atoms with Crippen LogP contribution in [-0.2, 0) is 19.0 Å². The summed E-state index contributed by atoms with van der Waals surface area (Å²) in [5.41, 5.74) is 1.58. The lowest BCUT2D eigenvalue weighted by molar-refractivity contribution is -0.195. The van der Waals surface area contributed by atoms with E-state index in [1.165, 1.54) is 18.3 Å². The van der Waals surface area contributed by atoms with Gasteiger partial charge in [0.1, 0.15) is 0 Å².